The third-order valence-corrected chi connectivity index (χ3v) is 2.73. The van der Waals surface area contributed by atoms with Crippen LogP contribution in [0.15, 0.2) is 24.3 Å². The van der Waals surface area contributed by atoms with Crippen LogP contribution in [0.3, 0.4) is 0 Å². The van der Waals surface area contributed by atoms with Gasteiger partial charge in [-0.15, -0.1) is 0 Å². The second-order valence-corrected chi connectivity index (χ2v) is 3.89. The Kier molecular flexibility index (Phi) is 3.08. The number of benzene rings is 1. The Balaban J connectivity index is 1.84. The summed E-state index contributed by atoms with van der Waals surface area (Å²) in [6.45, 7) is 0. The summed E-state index contributed by atoms with van der Waals surface area (Å²) in [7, 11) is 1.38. The molecule has 3 nitrogen and oxygen atoms in total. The summed E-state index contributed by atoms with van der Waals surface area (Å²) in [4.78, 5) is 11.1. The van der Waals surface area contributed by atoms with Gasteiger partial charge in [-0.05, 0) is 25.0 Å². The molecule has 0 spiro atoms. The first-order chi connectivity index (χ1) is 7.69. The smallest absolute Gasteiger partial charge is 0.308 e. The fourth-order valence-corrected chi connectivity index (χ4v) is 1.75. The molecule has 1 fully saturated rings. The fraction of sp³-hybridized carbons (Fsp3) is 0.417. The summed E-state index contributed by atoms with van der Waals surface area (Å²) in [6.07, 6.45) is 1.28. The maximum absolute atomic E-state index is 12.8. The van der Waals surface area contributed by atoms with E-state index in [0.717, 1.165) is 0 Å². The molecule has 0 radical (unpaired) electrons. The van der Waals surface area contributed by atoms with E-state index in [1.165, 1.54) is 19.2 Å². The monoisotopic (exact) mass is 224 g/mol. The second kappa shape index (κ2) is 4.51. The van der Waals surface area contributed by atoms with E-state index in [2.05, 4.69) is 4.74 Å². The Morgan fingerprint density at radius 2 is 2.19 bits per heavy atom. The maximum atomic E-state index is 12.8. The number of halogens is 1. The molecule has 0 unspecified atom stereocenters. The van der Waals surface area contributed by atoms with E-state index in [1.807, 2.05) is 0 Å². The number of carbonyl (C=O) groups excluding carboxylic acids is 1. The molecule has 1 aromatic rings. The van der Waals surface area contributed by atoms with E-state index in [-0.39, 0.29) is 23.8 Å². The summed E-state index contributed by atoms with van der Waals surface area (Å²) in [5, 5.41) is 0. The standard InChI is InChI=1S/C12H13FO3/c1-15-12(14)8-5-11(6-8)16-10-4-2-3-9(13)7-10/h2-4,7-8,11H,5-6H2,1H3. The number of rotatable bonds is 3. The van der Waals surface area contributed by atoms with Gasteiger partial charge in [0.15, 0.2) is 0 Å². The Bertz CT molecular complexity index is 386. The van der Waals surface area contributed by atoms with E-state index < -0.39 is 0 Å². The molecule has 1 saturated carbocycles. The summed E-state index contributed by atoms with van der Waals surface area (Å²) in [6, 6.07) is 6.01. The van der Waals surface area contributed by atoms with Gasteiger partial charge in [0.1, 0.15) is 17.7 Å². The number of esters is 1. The van der Waals surface area contributed by atoms with Crippen molar-refractivity contribution in [2.45, 2.75) is 18.9 Å². The van der Waals surface area contributed by atoms with Crippen LogP contribution < -0.4 is 4.74 Å². The van der Waals surface area contributed by atoms with Crippen LogP contribution in [0.4, 0.5) is 4.39 Å². The molecule has 0 aliphatic heterocycles. The Hall–Kier alpha value is -1.58. The van der Waals surface area contributed by atoms with Crippen molar-refractivity contribution < 1.29 is 18.7 Å². The molecule has 1 aliphatic carbocycles. The number of ether oxygens (including phenoxy) is 2. The first-order valence-electron chi connectivity index (χ1n) is 5.19. The first-order valence-corrected chi connectivity index (χ1v) is 5.19. The van der Waals surface area contributed by atoms with Gasteiger partial charge in [0.05, 0.1) is 13.0 Å². The van der Waals surface area contributed by atoms with Gasteiger partial charge in [0, 0.05) is 6.07 Å². The van der Waals surface area contributed by atoms with Gasteiger partial charge in [-0.25, -0.2) is 4.39 Å². The predicted molar refractivity (Wildman–Crippen MR) is 55.6 cm³/mol. The number of methoxy groups -OCH3 is 1. The molecule has 86 valence electrons. The van der Waals surface area contributed by atoms with Crippen molar-refractivity contribution in [1.29, 1.82) is 0 Å². The van der Waals surface area contributed by atoms with E-state index in [1.54, 1.807) is 12.1 Å². The maximum Gasteiger partial charge on any atom is 0.308 e. The van der Waals surface area contributed by atoms with Gasteiger partial charge >= 0.3 is 5.97 Å². The highest BCUT2D eigenvalue weighted by Crippen LogP contribution is 2.32. The third kappa shape index (κ3) is 2.32. The zero-order valence-electron chi connectivity index (χ0n) is 8.98. The van der Waals surface area contributed by atoms with Crippen molar-refractivity contribution >= 4 is 5.97 Å². The largest absolute Gasteiger partial charge is 0.490 e. The minimum absolute atomic E-state index is 0.00843. The molecule has 0 N–H and O–H groups in total. The van der Waals surface area contributed by atoms with Crippen molar-refractivity contribution in [1.82, 2.24) is 0 Å². The molecule has 16 heavy (non-hydrogen) atoms. The SMILES string of the molecule is COC(=O)C1CC(Oc2cccc(F)c2)C1. The van der Waals surface area contributed by atoms with Crippen LogP contribution in [0.5, 0.6) is 5.75 Å². The molecule has 0 amide bonds. The molecule has 0 atom stereocenters. The van der Waals surface area contributed by atoms with Crippen molar-refractivity contribution in [3.05, 3.63) is 30.1 Å². The van der Waals surface area contributed by atoms with Gasteiger partial charge in [-0.2, -0.15) is 0 Å². The zero-order chi connectivity index (χ0) is 11.5. The average Bonchev–Trinajstić information content (AvgIpc) is 2.22. The Morgan fingerprint density at radius 1 is 1.44 bits per heavy atom. The van der Waals surface area contributed by atoms with E-state index in [9.17, 15) is 9.18 Å². The summed E-state index contributed by atoms with van der Waals surface area (Å²) < 4.78 is 23.0. The molecule has 0 saturated heterocycles. The lowest BCUT2D eigenvalue weighted by molar-refractivity contribution is -0.151. The second-order valence-electron chi connectivity index (χ2n) is 3.89. The topological polar surface area (TPSA) is 35.5 Å². The molecular formula is C12H13FO3. The lowest BCUT2D eigenvalue weighted by Crippen LogP contribution is -2.38. The highest BCUT2D eigenvalue weighted by Gasteiger charge is 2.36. The van der Waals surface area contributed by atoms with Gasteiger partial charge in [0.25, 0.3) is 0 Å². The highest BCUT2D eigenvalue weighted by atomic mass is 19.1. The van der Waals surface area contributed by atoms with Crippen LogP contribution in [-0.2, 0) is 9.53 Å². The van der Waals surface area contributed by atoms with Crippen LogP contribution in [-0.4, -0.2) is 19.2 Å². The molecule has 4 heteroatoms. The highest BCUT2D eigenvalue weighted by molar-refractivity contribution is 5.73. The van der Waals surface area contributed by atoms with Crippen molar-refractivity contribution in [3.63, 3.8) is 0 Å². The minimum atomic E-state index is -0.318. The third-order valence-electron chi connectivity index (χ3n) is 2.73. The van der Waals surface area contributed by atoms with E-state index >= 15 is 0 Å². The van der Waals surface area contributed by atoms with Crippen LogP contribution in [0, 0.1) is 11.7 Å². The van der Waals surface area contributed by atoms with Crippen molar-refractivity contribution in [2.24, 2.45) is 5.92 Å². The van der Waals surface area contributed by atoms with Crippen LogP contribution in [0.1, 0.15) is 12.8 Å². The Morgan fingerprint density at radius 3 is 2.81 bits per heavy atom. The van der Waals surface area contributed by atoms with Crippen molar-refractivity contribution in [2.75, 3.05) is 7.11 Å². The van der Waals surface area contributed by atoms with Gasteiger partial charge in [-0.1, -0.05) is 6.07 Å². The van der Waals surface area contributed by atoms with Crippen LogP contribution in [0.2, 0.25) is 0 Å². The van der Waals surface area contributed by atoms with Gasteiger partial charge < -0.3 is 9.47 Å². The van der Waals surface area contributed by atoms with Crippen LogP contribution >= 0.6 is 0 Å². The van der Waals surface area contributed by atoms with Crippen molar-refractivity contribution in [3.8, 4) is 5.75 Å². The molecule has 0 bridgehead atoms. The number of hydrogen-bond acceptors (Lipinski definition) is 3. The normalized spacial score (nSPS) is 23.4. The zero-order valence-corrected chi connectivity index (χ0v) is 8.98. The predicted octanol–water partition coefficient (Wildman–Crippen LogP) is 2.16. The van der Waals surface area contributed by atoms with E-state index in [0.29, 0.717) is 18.6 Å². The van der Waals surface area contributed by atoms with Gasteiger partial charge in [-0.3, -0.25) is 4.79 Å². The molecule has 1 aromatic carbocycles. The molecule has 0 heterocycles. The lowest BCUT2D eigenvalue weighted by Gasteiger charge is -2.33. The lowest BCUT2D eigenvalue weighted by atomic mass is 9.82. The summed E-state index contributed by atoms with van der Waals surface area (Å²) in [5.74, 6) is -0.0719. The molecule has 1 aliphatic rings. The fourth-order valence-electron chi connectivity index (χ4n) is 1.75. The molecule has 0 aromatic heterocycles. The van der Waals surface area contributed by atoms with E-state index in [4.69, 9.17) is 4.74 Å². The quantitative estimate of drug-likeness (QED) is 0.738. The molecule has 2 rings (SSSR count). The Labute approximate surface area is 93.2 Å². The number of hydrogen-bond donors (Lipinski definition) is 0. The average molecular weight is 224 g/mol. The first kappa shape index (κ1) is 10.9. The summed E-state index contributed by atoms with van der Waals surface area (Å²) in [5.41, 5.74) is 0. The number of carbonyl (C=O) groups is 1. The minimum Gasteiger partial charge on any atom is -0.490 e. The van der Waals surface area contributed by atoms with Gasteiger partial charge in [0.2, 0.25) is 0 Å². The molecular weight excluding hydrogens is 211 g/mol. The van der Waals surface area contributed by atoms with Crippen LogP contribution in [0.25, 0.3) is 0 Å². The summed E-state index contributed by atoms with van der Waals surface area (Å²) >= 11 is 0.